The number of carbonyl (C=O) groups is 1. The molecule has 3 nitrogen and oxygen atoms in total. The van der Waals surface area contributed by atoms with Crippen LogP contribution in [0.15, 0.2) is 24.3 Å². The Hall–Kier alpha value is -1.42. The van der Waals surface area contributed by atoms with Crippen LogP contribution in [0.3, 0.4) is 0 Å². The van der Waals surface area contributed by atoms with E-state index < -0.39 is 11.7 Å². The van der Waals surface area contributed by atoms with Gasteiger partial charge in [0.15, 0.2) is 6.10 Å². The van der Waals surface area contributed by atoms with Crippen LogP contribution in [0.2, 0.25) is 0 Å². The van der Waals surface area contributed by atoms with Crippen molar-refractivity contribution in [2.24, 2.45) is 0 Å². The second-order valence-electron chi connectivity index (χ2n) is 3.86. The second kappa shape index (κ2) is 3.87. The Morgan fingerprint density at radius 3 is 2.69 bits per heavy atom. The molecule has 0 radical (unpaired) electrons. The van der Waals surface area contributed by atoms with Crippen molar-refractivity contribution in [1.82, 2.24) is 0 Å². The normalized spacial score (nSPS) is 27.6. The average molecular weight is 224 g/mol. The van der Waals surface area contributed by atoms with Crippen LogP contribution >= 0.6 is 0 Å². The van der Waals surface area contributed by atoms with Crippen LogP contribution in [0.25, 0.3) is 0 Å². The van der Waals surface area contributed by atoms with E-state index in [1.165, 1.54) is 12.1 Å². The topological polar surface area (TPSA) is 38.8 Å². The molecule has 0 amide bonds. The Bertz CT molecular complexity index is 401. The largest absolute Gasteiger partial charge is 0.464 e. The van der Waals surface area contributed by atoms with Crippen molar-refractivity contribution >= 4 is 5.97 Å². The van der Waals surface area contributed by atoms with Crippen LogP contribution in [0.1, 0.15) is 19.4 Å². The lowest BCUT2D eigenvalue weighted by atomic mass is 9.97. The van der Waals surface area contributed by atoms with Crippen LogP contribution in [0, 0.1) is 5.82 Å². The predicted molar refractivity (Wildman–Crippen MR) is 55.3 cm³/mol. The highest BCUT2D eigenvalue weighted by molar-refractivity contribution is 5.79. The van der Waals surface area contributed by atoms with Crippen LogP contribution in [0.4, 0.5) is 4.39 Å². The van der Waals surface area contributed by atoms with Crippen LogP contribution in [0.5, 0.6) is 0 Å². The van der Waals surface area contributed by atoms with Crippen LogP contribution < -0.4 is 0 Å². The van der Waals surface area contributed by atoms with Crippen LogP contribution in [-0.2, 0) is 19.9 Å². The van der Waals surface area contributed by atoms with Gasteiger partial charge in [0.1, 0.15) is 11.4 Å². The fraction of sp³-hybridized carbons (Fsp3) is 0.417. The van der Waals surface area contributed by atoms with Gasteiger partial charge in [-0.15, -0.1) is 0 Å². The molecule has 0 N–H and O–H groups in total. The molecular weight excluding hydrogens is 211 g/mol. The van der Waals surface area contributed by atoms with E-state index in [2.05, 4.69) is 0 Å². The number of hydrogen-bond acceptors (Lipinski definition) is 3. The summed E-state index contributed by atoms with van der Waals surface area (Å²) in [4.78, 5) is 11.4. The highest BCUT2D eigenvalue weighted by Gasteiger charge is 2.59. The molecule has 16 heavy (non-hydrogen) atoms. The summed E-state index contributed by atoms with van der Waals surface area (Å²) in [5, 5.41) is 0. The molecule has 2 rings (SSSR count). The summed E-state index contributed by atoms with van der Waals surface area (Å²) in [7, 11) is 0. The van der Waals surface area contributed by atoms with Crippen LogP contribution in [-0.4, -0.2) is 18.7 Å². The molecule has 1 aliphatic rings. The molecule has 1 saturated heterocycles. The molecule has 0 saturated carbocycles. The van der Waals surface area contributed by atoms with E-state index in [-0.39, 0.29) is 11.8 Å². The number of epoxide rings is 1. The number of esters is 1. The molecule has 1 fully saturated rings. The first-order valence-corrected chi connectivity index (χ1v) is 5.18. The molecule has 86 valence electrons. The minimum Gasteiger partial charge on any atom is -0.464 e. The summed E-state index contributed by atoms with van der Waals surface area (Å²) in [6.45, 7) is 3.87. The lowest BCUT2D eigenvalue weighted by Gasteiger charge is -2.06. The van der Waals surface area contributed by atoms with Gasteiger partial charge in [-0.25, -0.2) is 9.18 Å². The van der Waals surface area contributed by atoms with Gasteiger partial charge in [0.05, 0.1) is 6.61 Å². The predicted octanol–water partition coefficient (Wildman–Crippen LogP) is 2.00. The zero-order chi connectivity index (χ0) is 11.8. The highest BCUT2D eigenvalue weighted by Crippen LogP contribution is 2.46. The van der Waals surface area contributed by atoms with Crippen molar-refractivity contribution in [1.29, 1.82) is 0 Å². The molecule has 2 atom stereocenters. The van der Waals surface area contributed by atoms with Gasteiger partial charge in [-0.3, -0.25) is 0 Å². The summed E-state index contributed by atoms with van der Waals surface area (Å²) < 4.78 is 23.0. The molecule has 0 aliphatic carbocycles. The zero-order valence-electron chi connectivity index (χ0n) is 9.20. The summed E-state index contributed by atoms with van der Waals surface area (Å²) in [5.41, 5.74) is 0.118. The number of benzene rings is 1. The Balaban J connectivity index is 2.12. The average Bonchev–Trinajstić information content (AvgIpc) is 2.93. The maximum Gasteiger partial charge on any atom is 0.338 e. The zero-order valence-corrected chi connectivity index (χ0v) is 9.20. The molecule has 1 aromatic carbocycles. The lowest BCUT2D eigenvalue weighted by Crippen LogP contribution is -2.18. The number of rotatable bonds is 3. The molecule has 1 aliphatic heterocycles. The van der Waals surface area contributed by atoms with Gasteiger partial charge in [0.25, 0.3) is 0 Å². The van der Waals surface area contributed by atoms with Crippen molar-refractivity contribution in [2.75, 3.05) is 6.61 Å². The number of carbonyl (C=O) groups excluding carboxylic acids is 1. The Morgan fingerprint density at radius 2 is 2.12 bits per heavy atom. The van der Waals surface area contributed by atoms with Crippen molar-refractivity contribution in [3.8, 4) is 0 Å². The van der Waals surface area contributed by atoms with Crippen molar-refractivity contribution in [3.63, 3.8) is 0 Å². The molecule has 0 bridgehead atoms. The molecule has 1 aromatic rings. The van der Waals surface area contributed by atoms with Gasteiger partial charge in [0, 0.05) is 0 Å². The lowest BCUT2D eigenvalue weighted by molar-refractivity contribution is -0.144. The maximum atomic E-state index is 12.7. The fourth-order valence-corrected chi connectivity index (χ4v) is 1.70. The third-order valence-corrected chi connectivity index (χ3v) is 2.72. The molecule has 0 spiro atoms. The molecule has 2 unspecified atom stereocenters. The first-order chi connectivity index (χ1) is 7.58. The monoisotopic (exact) mass is 224 g/mol. The first kappa shape index (κ1) is 11.1. The van der Waals surface area contributed by atoms with Gasteiger partial charge < -0.3 is 9.47 Å². The van der Waals surface area contributed by atoms with E-state index in [1.807, 2.05) is 0 Å². The summed E-state index contributed by atoms with van der Waals surface area (Å²) in [5.74, 6) is -0.671. The number of hydrogen-bond donors (Lipinski definition) is 0. The van der Waals surface area contributed by atoms with E-state index >= 15 is 0 Å². The standard InChI is InChI=1S/C12H13FO3/c1-3-15-11(14)10-12(2,16-10)8-4-6-9(13)7-5-8/h4-7,10H,3H2,1-2H3. The summed E-state index contributed by atoms with van der Waals surface area (Å²) >= 11 is 0. The molecular formula is C12H13FO3. The summed E-state index contributed by atoms with van der Waals surface area (Å²) in [6.07, 6.45) is -0.571. The quantitative estimate of drug-likeness (QED) is 0.582. The summed E-state index contributed by atoms with van der Waals surface area (Å²) in [6, 6.07) is 5.94. The van der Waals surface area contributed by atoms with E-state index in [0.29, 0.717) is 6.61 Å². The van der Waals surface area contributed by atoms with Gasteiger partial charge in [-0.2, -0.15) is 0 Å². The van der Waals surface area contributed by atoms with Crippen molar-refractivity contribution in [2.45, 2.75) is 25.6 Å². The third kappa shape index (κ3) is 1.80. The van der Waals surface area contributed by atoms with Gasteiger partial charge in [-0.1, -0.05) is 12.1 Å². The fourth-order valence-electron chi connectivity index (χ4n) is 1.70. The van der Waals surface area contributed by atoms with E-state index in [1.54, 1.807) is 26.0 Å². The minimum absolute atomic E-state index is 0.305. The molecule has 0 aromatic heterocycles. The van der Waals surface area contributed by atoms with Gasteiger partial charge in [0.2, 0.25) is 0 Å². The van der Waals surface area contributed by atoms with E-state index in [9.17, 15) is 9.18 Å². The molecule has 1 heterocycles. The number of halogens is 1. The highest BCUT2D eigenvalue weighted by atomic mass is 19.1. The van der Waals surface area contributed by atoms with Crippen molar-refractivity contribution in [3.05, 3.63) is 35.6 Å². The van der Waals surface area contributed by atoms with Crippen molar-refractivity contribution < 1.29 is 18.7 Å². The van der Waals surface area contributed by atoms with Gasteiger partial charge in [-0.05, 0) is 31.5 Å². The Morgan fingerprint density at radius 1 is 1.50 bits per heavy atom. The maximum absolute atomic E-state index is 12.7. The van der Waals surface area contributed by atoms with Gasteiger partial charge >= 0.3 is 5.97 Å². The van der Waals surface area contributed by atoms with E-state index in [0.717, 1.165) is 5.56 Å². The second-order valence-corrected chi connectivity index (χ2v) is 3.86. The Labute approximate surface area is 93.2 Å². The first-order valence-electron chi connectivity index (χ1n) is 5.18. The van der Waals surface area contributed by atoms with E-state index in [4.69, 9.17) is 9.47 Å². The SMILES string of the molecule is CCOC(=O)C1OC1(C)c1ccc(F)cc1. The molecule has 4 heteroatoms. The Kier molecular flexibility index (Phi) is 2.68. The third-order valence-electron chi connectivity index (χ3n) is 2.72. The number of ether oxygens (including phenoxy) is 2. The minimum atomic E-state index is -0.667. The smallest absolute Gasteiger partial charge is 0.338 e.